The maximum atomic E-state index is 12.2. The van der Waals surface area contributed by atoms with Crippen molar-refractivity contribution in [2.45, 2.75) is 26.7 Å². The summed E-state index contributed by atoms with van der Waals surface area (Å²) in [7, 11) is 0. The van der Waals surface area contributed by atoms with Gasteiger partial charge < -0.3 is 9.64 Å². The van der Waals surface area contributed by atoms with Gasteiger partial charge in [0, 0.05) is 20.0 Å². The van der Waals surface area contributed by atoms with E-state index in [0.29, 0.717) is 36.0 Å². The van der Waals surface area contributed by atoms with Crippen LogP contribution in [0.15, 0.2) is 12.1 Å². The van der Waals surface area contributed by atoms with Gasteiger partial charge in [-0.1, -0.05) is 23.2 Å². The third kappa shape index (κ3) is 3.89. The first kappa shape index (κ1) is 16.1. The van der Waals surface area contributed by atoms with Crippen molar-refractivity contribution in [1.29, 1.82) is 0 Å². The van der Waals surface area contributed by atoms with Crippen LogP contribution in [0.3, 0.4) is 0 Å². The zero-order valence-corrected chi connectivity index (χ0v) is 13.5. The zero-order chi connectivity index (χ0) is 15.6. The molecule has 0 saturated carbocycles. The van der Waals surface area contributed by atoms with Crippen LogP contribution in [0.1, 0.15) is 25.3 Å². The highest BCUT2D eigenvalue weighted by Gasteiger charge is 2.28. The van der Waals surface area contributed by atoms with Crippen LogP contribution in [0.4, 0.5) is 0 Å². The normalized spacial score (nSPS) is 15.9. The topological polar surface area (TPSA) is 46.6 Å². The quantitative estimate of drug-likeness (QED) is 0.616. The molecule has 0 aliphatic carbocycles. The minimum absolute atomic E-state index is 0.0337. The number of carbonyl (C=O) groups excluding carboxylic acids is 2. The van der Waals surface area contributed by atoms with E-state index in [4.69, 9.17) is 27.9 Å². The average Bonchev–Trinajstić information content (AvgIpc) is 2.42. The summed E-state index contributed by atoms with van der Waals surface area (Å²) in [6.07, 6.45) is 1.19. The molecule has 0 atom stereocenters. The number of carbonyl (C=O) groups is 2. The summed E-state index contributed by atoms with van der Waals surface area (Å²) in [6, 6.07) is 3.41. The monoisotopic (exact) mass is 329 g/mol. The maximum absolute atomic E-state index is 12.2. The first-order valence-electron chi connectivity index (χ1n) is 6.81. The van der Waals surface area contributed by atoms with Crippen LogP contribution < -0.4 is 4.74 Å². The Morgan fingerprint density at radius 2 is 1.71 bits per heavy atom. The van der Waals surface area contributed by atoms with Crippen LogP contribution in [0.25, 0.3) is 0 Å². The van der Waals surface area contributed by atoms with Crippen LogP contribution in [0.2, 0.25) is 10.0 Å². The number of amides is 1. The number of hydrogen-bond donors (Lipinski definition) is 0. The van der Waals surface area contributed by atoms with Crippen LogP contribution >= 0.6 is 23.2 Å². The Morgan fingerprint density at radius 3 is 2.19 bits per heavy atom. The molecule has 1 fully saturated rings. The smallest absolute Gasteiger partial charge is 0.314 e. The van der Waals surface area contributed by atoms with Gasteiger partial charge in [0.2, 0.25) is 5.91 Å². The molecule has 0 spiro atoms. The van der Waals surface area contributed by atoms with Crippen molar-refractivity contribution in [3.8, 4) is 5.75 Å². The van der Waals surface area contributed by atoms with Gasteiger partial charge in [-0.25, -0.2) is 0 Å². The highest BCUT2D eigenvalue weighted by Crippen LogP contribution is 2.35. The van der Waals surface area contributed by atoms with E-state index in [-0.39, 0.29) is 23.5 Å². The molecule has 1 aromatic carbocycles. The number of nitrogens with zero attached hydrogens (tertiary/aromatic N) is 1. The number of esters is 1. The van der Waals surface area contributed by atoms with Gasteiger partial charge >= 0.3 is 5.97 Å². The molecule has 4 nitrogen and oxygen atoms in total. The lowest BCUT2D eigenvalue weighted by Gasteiger charge is -2.30. The minimum atomic E-state index is -0.342. The highest BCUT2D eigenvalue weighted by molar-refractivity contribution is 6.37. The van der Waals surface area contributed by atoms with E-state index in [0.717, 1.165) is 5.56 Å². The molecule has 1 aromatic rings. The zero-order valence-electron chi connectivity index (χ0n) is 12.0. The summed E-state index contributed by atoms with van der Waals surface area (Å²) in [5, 5.41) is 0.657. The number of benzene rings is 1. The van der Waals surface area contributed by atoms with Crippen molar-refractivity contribution in [2.75, 3.05) is 13.1 Å². The first-order valence-corrected chi connectivity index (χ1v) is 7.57. The lowest BCUT2D eigenvalue weighted by Crippen LogP contribution is -2.40. The van der Waals surface area contributed by atoms with E-state index in [1.54, 1.807) is 17.0 Å². The molecule has 1 aliphatic heterocycles. The summed E-state index contributed by atoms with van der Waals surface area (Å²) < 4.78 is 5.36. The number of likely N-dealkylation sites (tertiary alicyclic amines) is 1. The maximum Gasteiger partial charge on any atom is 0.314 e. The molecule has 2 rings (SSSR count). The Labute approximate surface area is 134 Å². The molecule has 1 aliphatic rings. The summed E-state index contributed by atoms with van der Waals surface area (Å²) >= 11 is 12.1. The van der Waals surface area contributed by atoms with Crippen LogP contribution in [-0.2, 0) is 9.59 Å². The van der Waals surface area contributed by atoms with Gasteiger partial charge in [-0.2, -0.15) is 0 Å². The van der Waals surface area contributed by atoms with E-state index >= 15 is 0 Å². The SMILES string of the molecule is CC(=O)N1CCC(C(=O)Oc2c(Cl)cc(C)cc2Cl)CC1. The van der Waals surface area contributed by atoms with Crippen LogP contribution in [0, 0.1) is 12.8 Å². The number of halogens is 2. The molecule has 1 saturated heterocycles. The van der Waals surface area contributed by atoms with Gasteiger partial charge in [0.15, 0.2) is 5.75 Å². The summed E-state index contributed by atoms with van der Waals surface area (Å²) in [6.45, 7) is 4.54. The van der Waals surface area contributed by atoms with E-state index in [1.807, 2.05) is 6.92 Å². The van der Waals surface area contributed by atoms with Gasteiger partial charge in [-0.05, 0) is 37.5 Å². The lowest BCUT2D eigenvalue weighted by atomic mass is 9.97. The number of rotatable bonds is 2. The van der Waals surface area contributed by atoms with Gasteiger partial charge in [0.1, 0.15) is 0 Å². The second-order valence-corrected chi connectivity index (χ2v) is 6.07. The molecule has 0 N–H and O–H groups in total. The molecule has 0 unspecified atom stereocenters. The Kier molecular flexibility index (Phi) is 5.12. The van der Waals surface area contributed by atoms with Gasteiger partial charge in [0.25, 0.3) is 0 Å². The fraction of sp³-hybridized carbons (Fsp3) is 0.467. The average molecular weight is 330 g/mol. The highest BCUT2D eigenvalue weighted by atomic mass is 35.5. The number of piperidine rings is 1. The Hall–Kier alpha value is -1.26. The van der Waals surface area contributed by atoms with E-state index < -0.39 is 0 Å². The standard InChI is InChI=1S/C15H17Cl2NO3/c1-9-7-12(16)14(13(17)8-9)21-15(20)11-3-5-18(6-4-11)10(2)19/h7-8,11H,3-6H2,1-2H3. The van der Waals surface area contributed by atoms with Crippen molar-refractivity contribution in [1.82, 2.24) is 4.90 Å². The van der Waals surface area contributed by atoms with E-state index in [1.165, 1.54) is 6.92 Å². The van der Waals surface area contributed by atoms with Crippen LogP contribution in [0.5, 0.6) is 5.75 Å². The Bertz CT molecular complexity index is 543. The third-order valence-corrected chi connectivity index (χ3v) is 4.18. The molecule has 6 heteroatoms. The summed E-state index contributed by atoms with van der Waals surface area (Å²) in [4.78, 5) is 25.2. The molecular weight excluding hydrogens is 313 g/mol. The first-order chi connectivity index (χ1) is 9.88. The van der Waals surface area contributed by atoms with Crippen molar-refractivity contribution < 1.29 is 14.3 Å². The fourth-order valence-corrected chi connectivity index (χ4v) is 3.07. The molecule has 1 heterocycles. The summed E-state index contributed by atoms with van der Waals surface area (Å²) in [5.41, 5.74) is 0.902. The van der Waals surface area contributed by atoms with E-state index in [2.05, 4.69) is 0 Å². The molecule has 1 amide bonds. The van der Waals surface area contributed by atoms with Crippen molar-refractivity contribution in [3.05, 3.63) is 27.7 Å². The fourth-order valence-electron chi connectivity index (χ4n) is 2.40. The minimum Gasteiger partial charge on any atom is -0.423 e. The van der Waals surface area contributed by atoms with Gasteiger partial charge in [-0.3, -0.25) is 9.59 Å². The predicted molar refractivity (Wildman–Crippen MR) is 81.8 cm³/mol. The summed E-state index contributed by atoms with van der Waals surface area (Å²) in [5.74, 6) is -0.325. The molecule has 0 radical (unpaired) electrons. The van der Waals surface area contributed by atoms with Crippen molar-refractivity contribution in [2.24, 2.45) is 5.92 Å². The van der Waals surface area contributed by atoms with E-state index in [9.17, 15) is 9.59 Å². The molecular formula is C15H17Cl2NO3. The third-order valence-electron chi connectivity index (χ3n) is 3.62. The largest absolute Gasteiger partial charge is 0.423 e. The molecule has 114 valence electrons. The van der Waals surface area contributed by atoms with Crippen LogP contribution in [-0.4, -0.2) is 29.9 Å². The number of hydrogen-bond acceptors (Lipinski definition) is 3. The lowest BCUT2D eigenvalue weighted by molar-refractivity contribution is -0.142. The second kappa shape index (κ2) is 6.67. The molecule has 0 bridgehead atoms. The van der Waals surface area contributed by atoms with Crippen molar-refractivity contribution in [3.63, 3.8) is 0 Å². The molecule has 0 aromatic heterocycles. The van der Waals surface area contributed by atoms with Gasteiger partial charge in [-0.15, -0.1) is 0 Å². The number of aryl methyl sites for hydroxylation is 1. The second-order valence-electron chi connectivity index (χ2n) is 5.26. The Morgan fingerprint density at radius 1 is 1.19 bits per heavy atom. The number of ether oxygens (including phenoxy) is 1. The molecule has 21 heavy (non-hydrogen) atoms. The Balaban J connectivity index is 2.01. The van der Waals surface area contributed by atoms with Gasteiger partial charge in [0.05, 0.1) is 16.0 Å². The van der Waals surface area contributed by atoms with Crippen molar-refractivity contribution >= 4 is 35.1 Å². The predicted octanol–water partition coefficient (Wildman–Crippen LogP) is 3.47.